The smallest absolute Gasteiger partial charge is 0.269 e. The number of nitrogens with one attached hydrogen (secondary N) is 3. The third-order valence-electron chi connectivity index (χ3n) is 7.59. The molecule has 1 fully saturated rings. The van der Waals surface area contributed by atoms with Gasteiger partial charge in [0.15, 0.2) is 0 Å². The molecule has 0 saturated carbocycles. The number of hydrogen-bond donors (Lipinski definition) is 3. The van der Waals surface area contributed by atoms with E-state index in [9.17, 15) is 14.4 Å². The van der Waals surface area contributed by atoms with Crippen molar-refractivity contribution >= 4 is 45.5 Å². The maximum Gasteiger partial charge on any atom is 0.269 e. The van der Waals surface area contributed by atoms with Crippen LogP contribution in [0.2, 0.25) is 0 Å². The van der Waals surface area contributed by atoms with Crippen molar-refractivity contribution in [1.29, 1.82) is 0 Å². The molecule has 1 aliphatic heterocycles. The summed E-state index contributed by atoms with van der Waals surface area (Å²) in [6, 6.07) is 8.75. The largest absolute Gasteiger partial charge is 0.345 e. The molecule has 3 aromatic heterocycles. The molecule has 0 bridgehead atoms. The number of rotatable bonds is 7. The first-order valence-corrected chi connectivity index (χ1v) is 13.4. The highest BCUT2D eigenvalue weighted by molar-refractivity contribution is 6.00. The highest BCUT2D eigenvalue weighted by atomic mass is 19.1. The molecule has 0 atom stereocenters. The van der Waals surface area contributed by atoms with Crippen LogP contribution >= 0.6 is 0 Å². The van der Waals surface area contributed by atoms with E-state index in [1.165, 1.54) is 6.07 Å². The van der Waals surface area contributed by atoms with Crippen LogP contribution < -0.4 is 10.6 Å². The molecular formula is C27H28FN11O3. The van der Waals surface area contributed by atoms with E-state index in [1.807, 2.05) is 12.1 Å². The number of anilines is 1. The minimum atomic E-state index is -0.517. The fraction of sp³-hybridized carbons (Fsp3) is 0.333. The fourth-order valence-corrected chi connectivity index (χ4v) is 5.49. The van der Waals surface area contributed by atoms with Gasteiger partial charge in [0.2, 0.25) is 17.7 Å². The first kappa shape index (κ1) is 27.0. The van der Waals surface area contributed by atoms with Crippen LogP contribution in [-0.2, 0) is 28.0 Å². The number of H-pyrrole nitrogens is 1. The van der Waals surface area contributed by atoms with Crippen molar-refractivity contribution in [2.24, 2.45) is 7.05 Å². The number of hydrogen-bond acceptors (Lipinski definition) is 8. The molecule has 1 aliphatic rings. The third-order valence-corrected chi connectivity index (χ3v) is 7.59. The number of aryl methyl sites for hydroxylation is 1. The minimum Gasteiger partial charge on any atom is -0.345 e. The van der Waals surface area contributed by atoms with Crippen LogP contribution in [0.3, 0.4) is 0 Å². The maximum absolute atomic E-state index is 15.6. The Hall–Kier alpha value is -5.21. The summed E-state index contributed by atoms with van der Waals surface area (Å²) in [7, 11) is 1.80. The van der Waals surface area contributed by atoms with Crippen molar-refractivity contribution in [3.05, 3.63) is 48.0 Å². The quantitative estimate of drug-likeness (QED) is 0.264. The Morgan fingerprint density at radius 2 is 1.90 bits per heavy atom. The normalized spacial score (nSPS) is 14.0. The summed E-state index contributed by atoms with van der Waals surface area (Å²) in [6.45, 7) is 2.26. The average molecular weight is 574 g/mol. The van der Waals surface area contributed by atoms with E-state index in [1.54, 1.807) is 46.6 Å². The topological polar surface area (TPSA) is 169 Å². The van der Waals surface area contributed by atoms with Gasteiger partial charge in [-0.2, -0.15) is 15.4 Å². The zero-order chi connectivity index (χ0) is 29.4. The van der Waals surface area contributed by atoms with Gasteiger partial charge in [-0.1, -0.05) is 17.2 Å². The van der Waals surface area contributed by atoms with Gasteiger partial charge in [-0.25, -0.2) is 4.39 Å². The first-order chi connectivity index (χ1) is 20.3. The molecular weight excluding hydrogens is 545 g/mol. The van der Waals surface area contributed by atoms with Crippen molar-refractivity contribution in [1.82, 2.24) is 50.4 Å². The molecule has 42 heavy (non-hydrogen) atoms. The van der Waals surface area contributed by atoms with E-state index < -0.39 is 17.6 Å². The van der Waals surface area contributed by atoms with Gasteiger partial charge in [0, 0.05) is 49.3 Å². The van der Waals surface area contributed by atoms with E-state index in [0.29, 0.717) is 48.0 Å². The van der Waals surface area contributed by atoms with E-state index in [0.717, 1.165) is 16.6 Å². The fourth-order valence-electron chi connectivity index (χ4n) is 5.49. The number of carbonyl (C=O) groups is 3. The summed E-state index contributed by atoms with van der Waals surface area (Å²) in [5, 5.41) is 28.4. The molecule has 0 unspecified atom stereocenters. The van der Waals surface area contributed by atoms with Crippen LogP contribution in [0.25, 0.3) is 32.9 Å². The molecule has 0 spiro atoms. The highest BCUT2D eigenvalue weighted by Gasteiger charge is 2.28. The zero-order valence-corrected chi connectivity index (χ0v) is 23.0. The molecule has 3 N–H and O–H groups in total. The van der Waals surface area contributed by atoms with E-state index in [-0.39, 0.29) is 30.9 Å². The predicted molar refractivity (Wildman–Crippen MR) is 149 cm³/mol. The van der Waals surface area contributed by atoms with Crippen molar-refractivity contribution in [2.45, 2.75) is 32.2 Å². The van der Waals surface area contributed by atoms with Crippen molar-refractivity contribution in [3.8, 4) is 11.1 Å². The number of halogens is 1. The lowest BCUT2D eigenvalue weighted by atomic mass is 9.89. The number of benzene rings is 2. The molecule has 1 saturated heterocycles. The average Bonchev–Trinajstić information content (AvgIpc) is 3.71. The Morgan fingerprint density at radius 3 is 2.64 bits per heavy atom. The van der Waals surface area contributed by atoms with Gasteiger partial charge < -0.3 is 10.2 Å². The van der Waals surface area contributed by atoms with Gasteiger partial charge in [-0.15, -0.1) is 5.10 Å². The summed E-state index contributed by atoms with van der Waals surface area (Å²) in [6.07, 6.45) is 2.99. The van der Waals surface area contributed by atoms with Crippen molar-refractivity contribution < 1.29 is 18.8 Å². The van der Waals surface area contributed by atoms with E-state index in [2.05, 4.69) is 36.4 Å². The van der Waals surface area contributed by atoms with Gasteiger partial charge in [-0.05, 0) is 41.8 Å². The number of tetrazole rings is 1. The molecule has 3 amide bonds. The van der Waals surface area contributed by atoms with Crippen LogP contribution in [0.5, 0.6) is 0 Å². The Kier molecular flexibility index (Phi) is 7.06. The Balaban J connectivity index is 1.35. The molecule has 0 aliphatic carbocycles. The predicted octanol–water partition coefficient (Wildman–Crippen LogP) is 1.72. The van der Waals surface area contributed by atoms with Crippen LogP contribution in [-0.4, -0.2) is 82.4 Å². The summed E-state index contributed by atoms with van der Waals surface area (Å²) >= 11 is 0. The zero-order valence-electron chi connectivity index (χ0n) is 23.0. The Bertz CT molecular complexity index is 1800. The van der Waals surface area contributed by atoms with E-state index in [4.69, 9.17) is 5.10 Å². The molecule has 6 rings (SSSR count). The molecule has 14 nitrogen and oxygen atoms in total. The number of aromatic nitrogens is 8. The van der Waals surface area contributed by atoms with Gasteiger partial charge in [0.25, 0.3) is 5.95 Å². The SMILES string of the molecule is CC(=O)N1CCC(c2nn(CC(=O)NCC(=O)Nc3nn[nH]n3)c3cccc(-c4cc5c(cnn5C)cc4F)c23)CC1. The number of amides is 3. The van der Waals surface area contributed by atoms with Crippen molar-refractivity contribution in [2.75, 3.05) is 25.0 Å². The van der Waals surface area contributed by atoms with Crippen molar-refractivity contribution in [3.63, 3.8) is 0 Å². The number of piperidine rings is 1. The molecule has 4 heterocycles. The van der Waals surface area contributed by atoms with Gasteiger partial charge in [-0.3, -0.25) is 29.1 Å². The number of aromatic amines is 1. The van der Waals surface area contributed by atoms with E-state index >= 15 is 4.39 Å². The minimum absolute atomic E-state index is 0.00204. The lowest BCUT2D eigenvalue weighted by Crippen LogP contribution is -2.36. The molecule has 5 aromatic rings. The lowest BCUT2D eigenvalue weighted by Gasteiger charge is -2.30. The number of likely N-dealkylation sites (tertiary alicyclic amines) is 1. The van der Waals surface area contributed by atoms with Gasteiger partial charge in [0.1, 0.15) is 12.4 Å². The second kappa shape index (κ2) is 11.0. The molecule has 2 aromatic carbocycles. The summed E-state index contributed by atoms with van der Waals surface area (Å²) in [5.74, 6) is -1.32. The molecule has 15 heteroatoms. The summed E-state index contributed by atoms with van der Waals surface area (Å²) in [5.41, 5.74) is 3.25. The first-order valence-electron chi connectivity index (χ1n) is 13.4. The molecule has 216 valence electrons. The Labute approximate surface area is 238 Å². The Morgan fingerprint density at radius 1 is 1.10 bits per heavy atom. The van der Waals surface area contributed by atoms with Crippen LogP contribution in [0, 0.1) is 5.82 Å². The second-order valence-corrected chi connectivity index (χ2v) is 10.2. The summed E-state index contributed by atoms with van der Waals surface area (Å²) in [4.78, 5) is 38.8. The number of fused-ring (bicyclic) bond motifs is 2. The third kappa shape index (κ3) is 5.15. The van der Waals surface area contributed by atoms with Crippen LogP contribution in [0.4, 0.5) is 10.3 Å². The van der Waals surface area contributed by atoms with Gasteiger partial charge in [0.05, 0.1) is 29.5 Å². The maximum atomic E-state index is 15.6. The number of nitrogens with zero attached hydrogens (tertiary/aromatic N) is 8. The van der Waals surface area contributed by atoms with Crippen LogP contribution in [0.1, 0.15) is 31.4 Å². The monoisotopic (exact) mass is 573 g/mol. The highest BCUT2D eigenvalue weighted by Crippen LogP contribution is 2.39. The second-order valence-electron chi connectivity index (χ2n) is 10.2. The van der Waals surface area contributed by atoms with Crippen LogP contribution in [0.15, 0.2) is 36.5 Å². The molecule has 0 radical (unpaired) electrons. The lowest BCUT2D eigenvalue weighted by molar-refractivity contribution is -0.129. The van der Waals surface area contributed by atoms with Gasteiger partial charge >= 0.3 is 0 Å². The standard InChI is InChI=1S/C27H28FN11O3/c1-15(40)38-8-6-16(7-9-38)26-25-18(19-11-22-17(10-20(19)28)12-30-37(22)2)4-3-5-21(25)39(34-26)14-24(42)29-13-23(41)31-27-32-35-36-33-27/h3-5,10-12,16H,6-9,13-14H2,1-2H3,(H,29,42)(H2,31,32,33,35,36,41). The number of carbonyl (C=O) groups excluding carboxylic acids is 3. The summed E-state index contributed by atoms with van der Waals surface area (Å²) < 4.78 is 18.8.